The van der Waals surface area contributed by atoms with E-state index in [-0.39, 0.29) is 56.7 Å². The molecule has 0 saturated heterocycles. The van der Waals surface area contributed by atoms with Crippen molar-refractivity contribution in [1.82, 2.24) is 14.5 Å². The van der Waals surface area contributed by atoms with Crippen LogP contribution < -0.4 is 21.3 Å². The molecule has 1 amide bonds. The molecule has 0 fully saturated rings. The number of carbonyl (C=O) groups is 2. The largest absolute Gasteiger partial charge is 0.496 e. The van der Waals surface area contributed by atoms with E-state index in [2.05, 4.69) is 5.32 Å². The summed E-state index contributed by atoms with van der Waals surface area (Å²) in [6, 6.07) is 5.44. The third-order valence-corrected chi connectivity index (χ3v) is 7.98. The van der Waals surface area contributed by atoms with Crippen molar-refractivity contribution in [2.75, 3.05) is 13.7 Å². The molecule has 230 valence electrons. The van der Waals surface area contributed by atoms with Gasteiger partial charge >= 0.3 is 11.7 Å². The van der Waals surface area contributed by atoms with E-state index in [0.29, 0.717) is 0 Å². The Labute approximate surface area is 252 Å². The number of hydrogen-bond donors (Lipinski definition) is 1. The average Bonchev–Trinajstić information content (AvgIpc) is 3.29. The second-order valence-electron chi connectivity index (χ2n) is 10.6. The Morgan fingerprint density at radius 2 is 1.93 bits per heavy atom. The summed E-state index contributed by atoms with van der Waals surface area (Å²) in [4.78, 5) is 54.6. The minimum absolute atomic E-state index is 0.0479. The van der Waals surface area contributed by atoms with E-state index in [1.807, 2.05) is 6.07 Å². The Balaban J connectivity index is 2.43. The lowest BCUT2D eigenvalue weighted by molar-refractivity contribution is -0.129. The predicted molar refractivity (Wildman–Crippen MR) is 160 cm³/mol. The number of aryl methyl sites for hydroxylation is 1. The van der Waals surface area contributed by atoms with Crippen LogP contribution in [0.5, 0.6) is 5.75 Å². The molecule has 43 heavy (non-hydrogen) atoms. The minimum Gasteiger partial charge on any atom is -0.496 e. The van der Waals surface area contributed by atoms with Gasteiger partial charge in [0, 0.05) is 11.6 Å². The van der Waals surface area contributed by atoms with Crippen molar-refractivity contribution in [2.24, 2.45) is 0 Å². The van der Waals surface area contributed by atoms with Crippen LogP contribution in [0, 0.1) is 24.1 Å². The molecule has 0 spiro atoms. The van der Waals surface area contributed by atoms with Crippen molar-refractivity contribution in [2.45, 2.75) is 72.7 Å². The maximum absolute atomic E-state index is 14.5. The van der Waals surface area contributed by atoms with Gasteiger partial charge in [-0.15, -0.1) is 11.3 Å². The maximum atomic E-state index is 14.5. The fourth-order valence-corrected chi connectivity index (χ4v) is 5.68. The van der Waals surface area contributed by atoms with E-state index in [9.17, 15) is 28.8 Å². The zero-order chi connectivity index (χ0) is 32.2. The molecule has 1 atom stereocenters. The zero-order valence-corrected chi connectivity index (χ0v) is 26.2. The molecule has 0 aliphatic carbocycles. The third kappa shape index (κ3) is 6.64. The summed E-state index contributed by atoms with van der Waals surface area (Å²) in [6.45, 7) is 10.9. The summed E-state index contributed by atoms with van der Waals surface area (Å²) >= 11 is 0.890. The number of thiophene rings is 1. The first-order chi connectivity index (χ1) is 20.2. The Morgan fingerprint density at radius 1 is 1.26 bits per heavy atom. The molecule has 0 saturated carbocycles. The van der Waals surface area contributed by atoms with E-state index in [4.69, 9.17) is 14.2 Å². The molecule has 3 aromatic rings. The van der Waals surface area contributed by atoms with Crippen LogP contribution in [0.15, 0.2) is 39.6 Å². The number of halogens is 1. The van der Waals surface area contributed by atoms with Gasteiger partial charge in [-0.3, -0.25) is 14.2 Å². The first-order valence-electron chi connectivity index (χ1n) is 13.5. The van der Waals surface area contributed by atoms with Gasteiger partial charge in [-0.05, 0) is 72.2 Å². The van der Waals surface area contributed by atoms with E-state index >= 15 is 0 Å². The van der Waals surface area contributed by atoms with Crippen molar-refractivity contribution < 1.29 is 28.2 Å². The van der Waals surface area contributed by atoms with Crippen LogP contribution in [0.3, 0.4) is 0 Å². The van der Waals surface area contributed by atoms with Gasteiger partial charge in [-0.2, -0.15) is 5.26 Å². The highest BCUT2D eigenvalue weighted by atomic mass is 32.1. The summed E-state index contributed by atoms with van der Waals surface area (Å²) in [5.74, 6) is -1.59. The number of ether oxygens (including phenoxy) is 3. The SMILES string of the molecule is CCOC(=O)c1sc2c(c1C)c(=O)n(C(C)(C)C(=O)NC(C)C)c(=O)n2C[C@H](O/C=C(\C)C#N)c1cc(F)ccc1OC. The van der Waals surface area contributed by atoms with E-state index < -0.39 is 40.6 Å². The number of carbonyl (C=O) groups excluding carboxylic acids is 2. The molecule has 1 aromatic carbocycles. The van der Waals surface area contributed by atoms with Crippen molar-refractivity contribution in [3.05, 3.63) is 72.7 Å². The van der Waals surface area contributed by atoms with Gasteiger partial charge in [-0.1, -0.05) is 0 Å². The highest BCUT2D eigenvalue weighted by molar-refractivity contribution is 7.20. The predicted octanol–water partition coefficient (Wildman–Crippen LogP) is 4.30. The number of allylic oxidation sites excluding steroid dienone is 1. The summed E-state index contributed by atoms with van der Waals surface area (Å²) in [5, 5.41) is 12.1. The van der Waals surface area contributed by atoms with Crippen molar-refractivity contribution in [3.63, 3.8) is 0 Å². The summed E-state index contributed by atoms with van der Waals surface area (Å²) in [5.41, 5.74) is -2.57. The number of benzene rings is 1. The lowest BCUT2D eigenvalue weighted by atomic mass is 10.0. The first kappa shape index (κ1) is 33.1. The molecule has 2 heterocycles. The summed E-state index contributed by atoms with van der Waals surface area (Å²) in [6.07, 6.45) is 0.0682. The van der Waals surface area contributed by atoms with Crippen LogP contribution in [-0.4, -0.2) is 40.8 Å². The Morgan fingerprint density at radius 3 is 2.51 bits per heavy atom. The van der Waals surface area contributed by atoms with Gasteiger partial charge in [0.2, 0.25) is 5.91 Å². The molecule has 0 bridgehead atoms. The lowest BCUT2D eigenvalue weighted by Crippen LogP contribution is -2.56. The zero-order valence-electron chi connectivity index (χ0n) is 25.4. The minimum atomic E-state index is -1.66. The smallest absolute Gasteiger partial charge is 0.348 e. The molecule has 11 nitrogen and oxygen atoms in total. The van der Waals surface area contributed by atoms with Gasteiger partial charge in [0.25, 0.3) is 5.56 Å². The maximum Gasteiger partial charge on any atom is 0.348 e. The lowest BCUT2D eigenvalue weighted by Gasteiger charge is -2.28. The second kappa shape index (κ2) is 13.2. The van der Waals surface area contributed by atoms with Crippen LogP contribution in [0.4, 0.5) is 4.39 Å². The number of nitrogens with zero attached hydrogens (tertiary/aromatic N) is 3. The molecule has 2 aromatic heterocycles. The van der Waals surface area contributed by atoms with E-state index in [1.165, 1.54) is 56.9 Å². The van der Waals surface area contributed by atoms with Crippen LogP contribution in [0.25, 0.3) is 10.2 Å². The van der Waals surface area contributed by atoms with Crippen LogP contribution in [0.2, 0.25) is 0 Å². The average molecular weight is 615 g/mol. The highest BCUT2D eigenvalue weighted by Gasteiger charge is 2.36. The van der Waals surface area contributed by atoms with Gasteiger partial charge < -0.3 is 19.5 Å². The molecular weight excluding hydrogens is 579 g/mol. The van der Waals surface area contributed by atoms with Crippen LogP contribution in [-0.2, 0) is 26.4 Å². The highest BCUT2D eigenvalue weighted by Crippen LogP contribution is 2.34. The van der Waals surface area contributed by atoms with Gasteiger partial charge in [0.1, 0.15) is 32.9 Å². The molecule has 0 unspecified atom stereocenters. The van der Waals surface area contributed by atoms with Gasteiger partial charge in [-0.25, -0.2) is 18.5 Å². The van der Waals surface area contributed by atoms with Gasteiger partial charge in [0.15, 0.2) is 0 Å². The van der Waals surface area contributed by atoms with Crippen LogP contribution >= 0.6 is 11.3 Å². The molecule has 0 radical (unpaired) electrons. The Kier molecular flexibility index (Phi) is 10.2. The van der Waals surface area contributed by atoms with E-state index in [1.54, 1.807) is 27.7 Å². The number of nitrogens with one attached hydrogen (secondary N) is 1. The number of amides is 1. The molecule has 3 rings (SSSR count). The number of fused-ring (bicyclic) bond motifs is 1. The fourth-order valence-electron chi connectivity index (χ4n) is 4.48. The fraction of sp³-hybridized carbons (Fsp3) is 0.433. The van der Waals surface area contributed by atoms with Crippen molar-refractivity contribution in [1.29, 1.82) is 5.26 Å². The number of nitriles is 1. The monoisotopic (exact) mass is 614 g/mol. The van der Waals surface area contributed by atoms with E-state index in [0.717, 1.165) is 15.9 Å². The molecule has 0 aliphatic heterocycles. The van der Waals surface area contributed by atoms with Crippen LogP contribution in [0.1, 0.15) is 68.4 Å². The topological polar surface area (TPSA) is 142 Å². The quantitative estimate of drug-likeness (QED) is 0.191. The number of aromatic nitrogens is 2. The number of hydrogen-bond acceptors (Lipinski definition) is 9. The number of methoxy groups -OCH3 is 1. The number of esters is 1. The molecule has 1 N–H and O–H groups in total. The third-order valence-electron chi connectivity index (χ3n) is 6.68. The summed E-state index contributed by atoms with van der Waals surface area (Å²) < 4.78 is 33.1. The van der Waals surface area contributed by atoms with Crippen molar-refractivity contribution in [3.8, 4) is 11.8 Å². The molecular formula is C30H35FN4O7S. The number of rotatable bonds is 11. The van der Waals surface area contributed by atoms with Crippen molar-refractivity contribution >= 4 is 33.4 Å². The normalized spacial score (nSPS) is 12.6. The molecule has 0 aliphatic rings. The summed E-state index contributed by atoms with van der Waals surface area (Å²) in [7, 11) is 1.39. The molecule has 13 heteroatoms. The standard InChI is InChI=1S/C30H35FN4O7S/c1-9-41-27(37)24-18(5)23-25(36)35(30(6,7)28(38)33-16(2)3)29(39)34(26(23)43-24)14-22(42-15-17(4)13-32)20-12-19(31)10-11-21(20)40-8/h10-12,15-16,22H,9,14H2,1-8H3,(H,33,38)/b17-15+/t22-/m0/s1. The van der Waals surface area contributed by atoms with Gasteiger partial charge in [0.05, 0.1) is 43.6 Å². The Bertz CT molecular complexity index is 1740. The first-order valence-corrected chi connectivity index (χ1v) is 14.3. The second-order valence-corrected chi connectivity index (χ2v) is 11.6. The Hall–Kier alpha value is -4.44.